The molecule has 0 saturated heterocycles. The molecule has 2 N–H and O–H groups in total. The van der Waals surface area contributed by atoms with Gasteiger partial charge in [0.25, 0.3) is 0 Å². The lowest BCUT2D eigenvalue weighted by molar-refractivity contribution is -0.117. The summed E-state index contributed by atoms with van der Waals surface area (Å²) in [5.41, 5.74) is 0.981. The minimum absolute atomic E-state index is 0.0890. The number of aromatic amines is 1. The fourth-order valence-electron chi connectivity index (χ4n) is 1.10. The van der Waals surface area contributed by atoms with Crippen molar-refractivity contribution < 1.29 is 4.79 Å². The molecular formula is C10H15N3O. The number of amides is 1. The minimum Gasteiger partial charge on any atom is -0.347 e. The first-order chi connectivity index (χ1) is 6.59. The summed E-state index contributed by atoms with van der Waals surface area (Å²) in [6.07, 6.45) is 4.97. The second-order valence-corrected chi connectivity index (χ2v) is 3.43. The van der Waals surface area contributed by atoms with E-state index in [1.807, 2.05) is 20.8 Å². The van der Waals surface area contributed by atoms with Crippen molar-refractivity contribution in [3.8, 4) is 0 Å². The standard InChI is InChI=1S/C10H15N3O/c1-7(2)6-9(14)13-8(3)10-11-4-5-12-10/h4-6,8H,1-3H3,(H,11,12)(H,13,14). The quantitative estimate of drug-likeness (QED) is 0.715. The summed E-state index contributed by atoms with van der Waals surface area (Å²) in [5.74, 6) is 0.675. The third-order valence-electron chi connectivity index (χ3n) is 1.71. The van der Waals surface area contributed by atoms with Crippen molar-refractivity contribution in [2.45, 2.75) is 26.8 Å². The number of carbonyl (C=O) groups is 1. The van der Waals surface area contributed by atoms with Gasteiger partial charge >= 0.3 is 0 Å². The number of rotatable bonds is 3. The largest absolute Gasteiger partial charge is 0.347 e. The number of H-pyrrole nitrogens is 1. The summed E-state index contributed by atoms with van der Waals surface area (Å²) in [6.45, 7) is 5.66. The van der Waals surface area contributed by atoms with Crippen LogP contribution in [-0.4, -0.2) is 15.9 Å². The smallest absolute Gasteiger partial charge is 0.244 e. The molecule has 0 radical (unpaired) electrons. The summed E-state index contributed by atoms with van der Waals surface area (Å²) in [4.78, 5) is 18.3. The second kappa shape index (κ2) is 4.60. The molecule has 0 fully saturated rings. The first kappa shape index (κ1) is 10.5. The van der Waals surface area contributed by atoms with Gasteiger partial charge in [0.05, 0.1) is 6.04 Å². The number of nitrogens with zero attached hydrogens (tertiary/aromatic N) is 1. The van der Waals surface area contributed by atoms with E-state index >= 15 is 0 Å². The third-order valence-corrected chi connectivity index (χ3v) is 1.71. The Balaban J connectivity index is 2.54. The van der Waals surface area contributed by atoms with Gasteiger partial charge in [0.15, 0.2) is 0 Å². The van der Waals surface area contributed by atoms with Gasteiger partial charge < -0.3 is 10.3 Å². The Morgan fingerprint density at radius 1 is 1.64 bits per heavy atom. The van der Waals surface area contributed by atoms with Gasteiger partial charge in [-0.1, -0.05) is 5.57 Å². The highest BCUT2D eigenvalue weighted by Gasteiger charge is 2.08. The number of nitrogens with one attached hydrogen (secondary N) is 2. The molecule has 76 valence electrons. The van der Waals surface area contributed by atoms with E-state index in [2.05, 4.69) is 15.3 Å². The monoisotopic (exact) mass is 193 g/mol. The van der Waals surface area contributed by atoms with Gasteiger partial charge in [0.1, 0.15) is 5.82 Å². The number of carbonyl (C=O) groups excluding carboxylic acids is 1. The predicted octanol–water partition coefficient (Wildman–Crippen LogP) is 1.55. The summed E-state index contributed by atoms with van der Waals surface area (Å²) in [7, 11) is 0. The molecule has 1 rings (SSSR count). The molecule has 0 bridgehead atoms. The molecule has 1 aromatic rings. The minimum atomic E-state index is -0.0897. The fourth-order valence-corrected chi connectivity index (χ4v) is 1.10. The molecule has 0 saturated carbocycles. The van der Waals surface area contributed by atoms with Crippen molar-refractivity contribution in [3.63, 3.8) is 0 Å². The maximum absolute atomic E-state index is 11.3. The lowest BCUT2D eigenvalue weighted by Gasteiger charge is -2.09. The summed E-state index contributed by atoms with van der Waals surface area (Å²) in [5, 5.41) is 2.80. The topological polar surface area (TPSA) is 57.8 Å². The van der Waals surface area contributed by atoms with Crippen LogP contribution >= 0.6 is 0 Å². The van der Waals surface area contributed by atoms with Crippen LogP contribution in [0.15, 0.2) is 24.0 Å². The lowest BCUT2D eigenvalue weighted by Crippen LogP contribution is -2.25. The average Bonchev–Trinajstić information content (AvgIpc) is 2.53. The van der Waals surface area contributed by atoms with Gasteiger partial charge in [-0.15, -0.1) is 0 Å². The zero-order chi connectivity index (χ0) is 10.6. The molecule has 0 aromatic carbocycles. The molecule has 1 heterocycles. The molecule has 0 aliphatic rings. The van der Waals surface area contributed by atoms with Gasteiger partial charge in [0, 0.05) is 18.5 Å². The van der Waals surface area contributed by atoms with E-state index in [1.54, 1.807) is 18.5 Å². The molecule has 4 nitrogen and oxygen atoms in total. The van der Waals surface area contributed by atoms with Gasteiger partial charge in [-0.3, -0.25) is 4.79 Å². The number of allylic oxidation sites excluding steroid dienone is 1. The predicted molar refractivity (Wildman–Crippen MR) is 54.6 cm³/mol. The van der Waals surface area contributed by atoms with Crippen molar-refractivity contribution in [1.29, 1.82) is 0 Å². The Morgan fingerprint density at radius 2 is 2.36 bits per heavy atom. The normalized spacial score (nSPS) is 11.9. The van der Waals surface area contributed by atoms with E-state index < -0.39 is 0 Å². The van der Waals surface area contributed by atoms with E-state index in [0.29, 0.717) is 0 Å². The van der Waals surface area contributed by atoms with Crippen molar-refractivity contribution in [2.24, 2.45) is 0 Å². The Morgan fingerprint density at radius 3 is 2.86 bits per heavy atom. The highest BCUT2D eigenvalue weighted by molar-refractivity contribution is 5.88. The van der Waals surface area contributed by atoms with Crippen LogP contribution in [0.5, 0.6) is 0 Å². The van der Waals surface area contributed by atoms with Crippen LogP contribution < -0.4 is 5.32 Å². The zero-order valence-corrected chi connectivity index (χ0v) is 8.66. The molecule has 0 aliphatic heterocycles. The number of hydrogen-bond donors (Lipinski definition) is 2. The van der Waals surface area contributed by atoms with Crippen LogP contribution in [0.4, 0.5) is 0 Å². The van der Waals surface area contributed by atoms with Crippen LogP contribution in [0.1, 0.15) is 32.6 Å². The molecular weight excluding hydrogens is 178 g/mol. The maximum atomic E-state index is 11.3. The van der Waals surface area contributed by atoms with Crippen molar-refractivity contribution >= 4 is 5.91 Å². The van der Waals surface area contributed by atoms with Crippen LogP contribution in [0, 0.1) is 0 Å². The second-order valence-electron chi connectivity index (χ2n) is 3.43. The Hall–Kier alpha value is -1.58. The molecule has 1 atom stereocenters. The fraction of sp³-hybridized carbons (Fsp3) is 0.400. The number of hydrogen-bond acceptors (Lipinski definition) is 2. The van der Waals surface area contributed by atoms with Crippen LogP contribution in [0.2, 0.25) is 0 Å². The summed E-state index contributed by atoms with van der Waals surface area (Å²) >= 11 is 0. The van der Waals surface area contributed by atoms with Crippen molar-refractivity contribution in [1.82, 2.24) is 15.3 Å². The van der Waals surface area contributed by atoms with E-state index in [4.69, 9.17) is 0 Å². The maximum Gasteiger partial charge on any atom is 0.244 e. The highest BCUT2D eigenvalue weighted by atomic mass is 16.1. The van der Waals surface area contributed by atoms with Crippen LogP contribution in [0.25, 0.3) is 0 Å². The van der Waals surface area contributed by atoms with E-state index in [-0.39, 0.29) is 11.9 Å². The van der Waals surface area contributed by atoms with Gasteiger partial charge in [-0.05, 0) is 20.8 Å². The average molecular weight is 193 g/mol. The zero-order valence-electron chi connectivity index (χ0n) is 8.66. The Labute approximate surface area is 83.4 Å². The number of imidazole rings is 1. The summed E-state index contributed by atoms with van der Waals surface area (Å²) in [6, 6.07) is -0.0897. The third kappa shape index (κ3) is 3.05. The first-order valence-electron chi connectivity index (χ1n) is 4.54. The molecule has 1 aromatic heterocycles. The lowest BCUT2D eigenvalue weighted by atomic mass is 10.3. The van der Waals surface area contributed by atoms with E-state index in [9.17, 15) is 4.79 Å². The van der Waals surface area contributed by atoms with Gasteiger partial charge in [-0.25, -0.2) is 4.98 Å². The molecule has 4 heteroatoms. The van der Waals surface area contributed by atoms with E-state index in [1.165, 1.54) is 0 Å². The summed E-state index contributed by atoms with van der Waals surface area (Å²) < 4.78 is 0. The highest BCUT2D eigenvalue weighted by Crippen LogP contribution is 2.04. The molecule has 0 spiro atoms. The van der Waals surface area contributed by atoms with Gasteiger partial charge in [0.2, 0.25) is 5.91 Å². The molecule has 0 aliphatic carbocycles. The van der Waals surface area contributed by atoms with Crippen LogP contribution in [-0.2, 0) is 4.79 Å². The molecule has 1 amide bonds. The Kier molecular flexibility index (Phi) is 3.45. The van der Waals surface area contributed by atoms with Crippen molar-refractivity contribution in [2.75, 3.05) is 0 Å². The van der Waals surface area contributed by atoms with Gasteiger partial charge in [-0.2, -0.15) is 0 Å². The SMILES string of the molecule is CC(C)=CC(=O)NC(C)c1ncc[nH]1. The van der Waals surface area contributed by atoms with E-state index in [0.717, 1.165) is 11.4 Å². The number of aromatic nitrogens is 2. The Bertz CT molecular complexity index is 323. The molecule has 1 unspecified atom stereocenters. The molecule has 14 heavy (non-hydrogen) atoms. The first-order valence-corrected chi connectivity index (χ1v) is 4.54. The van der Waals surface area contributed by atoms with Crippen LogP contribution in [0.3, 0.4) is 0 Å². The van der Waals surface area contributed by atoms with Crippen molar-refractivity contribution in [3.05, 3.63) is 29.9 Å².